The van der Waals surface area contributed by atoms with Gasteiger partial charge in [-0.25, -0.2) is 8.78 Å². The number of hydrogen-bond acceptors (Lipinski definition) is 6. The summed E-state index contributed by atoms with van der Waals surface area (Å²) in [5.41, 5.74) is 1.77. The first-order valence-electron chi connectivity index (χ1n) is 11.1. The van der Waals surface area contributed by atoms with Crippen LogP contribution in [0.5, 0.6) is 5.75 Å². The molecule has 0 spiro atoms. The molecule has 0 radical (unpaired) electrons. The van der Waals surface area contributed by atoms with Crippen molar-refractivity contribution in [1.29, 1.82) is 0 Å². The molecule has 0 unspecified atom stereocenters. The molecule has 0 bridgehead atoms. The van der Waals surface area contributed by atoms with Gasteiger partial charge in [0.15, 0.2) is 17.4 Å². The minimum atomic E-state index is -0.813. The van der Waals surface area contributed by atoms with Crippen molar-refractivity contribution in [3.05, 3.63) is 59.6 Å². The number of hydrogen-bond donors (Lipinski definition) is 4. The number of phenolic OH excluding ortho intramolecular Hbond substituents is 1. The minimum absolute atomic E-state index is 0.0142. The number of halogens is 2. The highest BCUT2D eigenvalue weighted by Crippen LogP contribution is 2.42. The van der Waals surface area contributed by atoms with Crippen molar-refractivity contribution in [1.82, 2.24) is 20.2 Å². The molecule has 3 aromatic rings. The van der Waals surface area contributed by atoms with Gasteiger partial charge in [-0.05, 0) is 31.7 Å². The van der Waals surface area contributed by atoms with Crippen LogP contribution >= 0.6 is 0 Å². The van der Waals surface area contributed by atoms with Crippen LogP contribution in [0.2, 0.25) is 0 Å². The molecule has 10 heteroatoms. The van der Waals surface area contributed by atoms with E-state index in [0.717, 1.165) is 25.4 Å². The molecular formula is C24H25F2N5O3. The zero-order valence-electron chi connectivity index (χ0n) is 18.6. The summed E-state index contributed by atoms with van der Waals surface area (Å²) in [6.07, 6.45) is 3.17. The van der Waals surface area contributed by atoms with Crippen LogP contribution in [0.1, 0.15) is 28.4 Å². The van der Waals surface area contributed by atoms with Crippen LogP contribution in [0.4, 0.5) is 20.2 Å². The molecule has 34 heavy (non-hydrogen) atoms. The Morgan fingerprint density at radius 2 is 2.15 bits per heavy atom. The van der Waals surface area contributed by atoms with Gasteiger partial charge in [0.2, 0.25) is 0 Å². The molecule has 8 nitrogen and oxygen atoms in total. The van der Waals surface area contributed by atoms with Gasteiger partial charge < -0.3 is 30.4 Å². The van der Waals surface area contributed by atoms with Crippen molar-refractivity contribution in [2.24, 2.45) is 0 Å². The first-order chi connectivity index (χ1) is 16.4. The van der Waals surface area contributed by atoms with Gasteiger partial charge in [0.25, 0.3) is 5.91 Å². The Balaban J connectivity index is 1.61. The Kier molecular flexibility index (Phi) is 5.93. The third-order valence-electron chi connectivity index (χ3n) is 6.35. The van der Waals surface area contributed by atoms with Crippen molar-refractivity contribution in [3.8, 4) is 17.0 Å². The quantitative estimate of drug-likeness (QED) is 0.428. The van der Waals surface area contributed by atoms with E-state index in [1.807, 2.05) is 7.05 Å². The summed E-state index contributed by atoms with van der Waals surface area (Å²) < 4.78 is 34.7. The molecule has 1 aromatic carbocycles. The van der Waals surface area contributed by atoms with Gasteiger partial charge in [-0.1, -0.05) is 6.07 Å². The number of carbonyl (C=O) groups excluding carboxylic acids is 1. The third-order valence-corrected chi connectivity index (χ3v) is 6.35. The highest BCUT2D eigenvalue weighted by molar-refractivity contribution is 6.06. The normalized spacial score (nSPS) is 20.6. The van der Waals surface area contributed by atoms with E-state index in [1.54, 1.807) is 0 Å². The number of pyridine rings is 1. The number of aromatic hydroxyl groups is 1. The lowest BCUT2D eigenvalue weighted by atomic mass is 9.91. The molecule has 4 N–H and O–H groups in total. The van der Waals surface area contributed by atoms with E-state index >= 15 is 0 Å². The number of ether oxygens (including phenoxy) is 1. The molecule has 1 fully saturated rings. The fourth-order valence-corrected chi connectivity index (χ4v) is 4.65. The summed E-state index contributed by atoms with van der Waals surface area (Å²) in [4.78, 5) is 22.3. The molecule has 2 aromatic heterocycles. The number of amides is 1. The Morgan fingerprint density at radius 3 is 2.94 bits per heavy atom. The van der Waals surface area contributed by atoms with Crippen LogP contribution in [0.25, 0.3) is 11.3 Å². The van der Waals surface area contributed by atoms with Crippen molar-refractivity contribution in [2.75, 3.05) is 38.6 Å². The fourth-order valence-electron chi connectivity index (χ4n) is 4.65. The zero-order chi connectivity index (χ0) is 23.8. The van der Waals surface area contributed by atoms with Gasteiger partial charge >= 0.3 is 0 Å². The maximum atomic E-state index is 14.8. The molecule has 2 atom stereocenters. The Morgan fingerprint density at radius 1 is 1.29 bits per heavy atom. The monoisotopic (exact) mass is 469 g/mol. The maximum Gasteiger partial charge on any atom is 0.255 e. The maximum absolute atomic E-state index is 14.8. The average Bonchev–Trinajstić information content (AvgIpc) is 3.19. The number of morpholine rings is 1. The number of likely N-dealkylation sites (N-methyl/N-ethyl adjacent to an activating group) is 1. The van der Waals surface area contributed by atoms with E-state index in [2.05, 4.69) is 25.5 Å². The number of anilines is 2. The number of para-hydroxylation sites is 1. The van der Waals surface area contributed by atoms with E-state index in [4.69, 9.17) is 4.74 Å². The summed E-state index contributed by atoms with van der Waals surface area (Å²) >= 11 is 0. The number of rotatable bonds is 5. The smallest absolute Gasteiger partial charge is 0.255 e. The second kappa shape index (κ2) is 9.03. The molecule has 2 aliphatic heterocycles. The molecule has 1 amide bonds. The fraction of sp³-hybridized carbons (Fsp3) is 0.333. The topological polar surface area (TPSA) is 103 Å². The Hall–Kier alpha value is -3.50. The Bertz CT molecular complexity index is 1230. The Labute approximate surface area is 195 Å². The molecule has 178 valence electrons. The lowest BCUT2D eigenvalue weighted by molar-refractivity contribution is -0.0268. The van der Waals surface area contributed by atoms with Crippen LogP contribution < -0.4 is 10.6 Å². The number of fused-ring (bicyclic) bond motifs is 1. The van der Waals surface area contributed by atoms with E-state index in [0.29, 0.717) is 36.5 Å². The molecule has 1 saturated heterocycles. The van der Waals surface area contributed by atoms with Crippen molar-refractivity contribution < 1.29 is 23.4 Å². The number of nitrogens with zero attached hydrogens (tertiary/aromatic N) is 2. The molecule has 0 aliphatic carbocycles. The number of carbonyl (C=O) groups is 1. The third kappa shape index (κ3) is 4.10. The molecule has 2 aliphatic rings. The average molecular weight is 469 g/mol. The predicted molar refractivity (Wildman–Crippen MR) is 122 cm³/mol. The van der Waals surface area contributed by atoms with Gasteiger partial charge in [-0.15, -0.1) is 0 Å². The van der Waals surface area contributed by atoms with Gasteiger partial charge in [-0.3, -0.25) is 9.78 Å². The van der Waals surface area contributed by atoms with Crippen LogP contribution in [0.15, 0.2) is 36.7 Å². The van der Waals surface area contributed by atoms with E-state index in [-0.39, 0.29) is 34.9 Å². The number of phenols is 1. The largest absolute Gasteiger partial charge is 0.503 e. The second-order valence-electron chi connectivity index (χ2n) is 8.68. The summed E-state index contributed by atoms with van der Waals surface area (Å²) in [5.74, 6) is -2.44. The SMILES string of the molecule is CN1CCO[C@@H](C[C@@H]2CNC(=O)c3c2[nH]c(-c2ccncc2F)c3Nc2cccc(F)c2O)C1. The zero-order valence-corrected chi connectivity index (χ0v) is 18.6. The predicted octanol–water partition coefficient (Wildman–Crippen LogP) is 3.35. The van der Waals surface area contributed by atoms with Gasteiger partial charge in [-0.2, -0.15) is 0 Å². The minimum Gasteiger partial charge on any atom is -0.503 e. The summed E-state index contributed by atoms with van der Waals surface area (Å²) in [5, 5.41) is 16.1. The molecule has 4 heterocycles. The lowest BCUT2D eigenvalue weighted by Gasteiger charge is -2.33. The summed E-state index contributed by atoms with van der Waals surface area (Å²) in [7, 11) is 2.04. The van der Waals surface area contributed by atoms with Crippen molar-refractivity contribution >= 4 is 17.3 Å². The van der Waals surface area contributed by atoms with E-state index in [9.17, 15) is 18.7 Å². The summed E-state index contributed by atoms with van der Waals surface area (Å²) in [6, 6.07) is 5.53. The van der Waals surface area contributed by atoms with Gasteiger partial charge in [0, 0.05) is 43.0 Å². The molecule has 0 saturated carbocycles. The first kappa shape index (κ1) is 22.3. The highest BCUT2D eigenvalue weighted by Gasteiger charge is 2.35. The van der Waals surface area contributed by atoms with Crippen LogP contribution in [0.3, 0.4) is 0 Å². The van der Waals surface area contributed by atoms with Crippen molar-refractivity contribution in [3.63, 3.8) is 0 Å². The summed E-state index contributed by atoms with van der Waals surface area (Å²) in [6.45, 7) is 2.67. The highest BCUT2D eigenvalue weighted by atomic mass is 19.1. The van der Waals surface area contributed by atoms with Crippen LogP contribution in [0, 0.1) is 11.6 Å². The number of benzene rings is 1. The first-order valence-corrected chi connectivity index (χ1v) is 11.1. The number of nitrogens with one attached hydrogen (secondary N) is 3. The standard InChI is InChI=1S/C24H25F2N5O3/c1-31-7-8-34-14(12-31)9-13-10-28-24(33)19-20(13)30-21(15-5-6-27-11-17(15)26)22(19)29-18-4-2-3-16(25)23(18)32/h2-6,11,13-14,29-30,32H,7-10,12H2,1H3,(H,28,33)/t13-,14+/m1/s1. The van der Waals surface area contributed by atoms with Crippen LogP contribution in [-0.2, 0) is 4.74 Å². The van der Waals surface area contributed by atoms with E-state index in [1.165, 1.54) is 24.4 Å². The number of aromatic nitrogens is 2. The van der Waals surface area contributed by atoms with Gasteiger partial charge in [0.1, 0.15) is 0 Å². The lowest BCUT2D eigenvalue weighted by Crippen LogP contribution is -2.43. The molecule has 5 rings (SSSR count). The second-order valence-corrected chi connectivity index (χ2v) is 8.68. The van der Waals surface area contributed by atoms with Crippen LogP contribution in [-0.4, -0.2) is 65.3 Å². The number of aromatic amines is 1. The van der Waals surface area contributed by atoms with Crippen molar-refractivity contribution in [2.45, 2.75) is 18.4 Å². The molecular weight excluding hydrogens is 444 g/mol. The van der Waals surface area contributed by atoms with E-state index < -0.39 is 17.4 Å². The van der Waals surface area contributed by atoms with Gasteiger partial charge in [0.05, 0.1) is 41.5 Å². The number of H-pyrrole nitrogens is 1.